The van der Waals surface area contributed by atoms with Crippen LogP contribution in [0, 0.1) is 17.1 Å². The first-order valence-electron chi connectivity index (χ1n) is 5.27. The molecular formula is C12H7ClFN3O2S. The highest BCUT2D eigenvalue weighted by molar-refractivity contribution is 7.18. The summed E-state index contributed by atoms with van der Waals surface area (Å²) in [5.41, 5.74) is 0.104. The number of rotatable bonds is 3. The Balaban J connectivity index is 2.35. The number of nitrogens with zero attached hydrogens (tertiary/aromatic N) is 2. The van der Waals surface area contributed by atoms with E-state index < -0.39 is 11.8 Å². The predicted molar refractivity (Wildman–Crippen MR) is 72.9 cm³/mol. The van der Waals surface area contributed by atoms with Crippen molar-refractivity contribution in [2.75, 3.05) is 12.4 Å². The number of hydrogen-bond acceptors (Lipinski definition) is 6. The Morgan fingerprint density at radius 3 is 3.00 bits per heavy atom. The van der Waals surface area contributed by atoms with Gasteiger partial charge in [-0.2, -0.15) is 5.26 Å². The number of anilines is 2. The van der Waals surface area contributed by atoms with Crippen LogP contribution in [0.3, 0.4) is 0 Å². The fourth-order valence-electron chi connectivity index (χ4n) is 1.43. The molecule has 1 aromatic heterocycles. The third-order valence-corrected chi connectivity index (χ3v) is 3.66. The number of thiazole rings is 1. The molecule has 0 fully saturated rings. The second kappa shape index (κ2) is 5.86. The van der Waals surface area contributed by atoms with Crippen LogP contribution in [-0.2, 0) is 4.74 Å². The molecule has 0 amide bonds. The summed E-state index contributed by atoms with van der Waals surface area (Å²) in [4.78, 5) is 15.5. The minimum Gasteiger partial charge on any atom is -0.465 e. The molecule has 1 N–H and O–H groups in total. The second-order valence-electron chi connectivity index (χ2n) is 3.53. The molecule has 0 aliphatic carbocycles. The number of nitrogens with one attached hydrogen (secondary N) is 1. The monoisotopic (exact) mass is 311 g/mol. The van der Waals surface area contributed by atoms with Gasteiger partial charge in [0, 0.05) is 0 Å². The maximum absolute atomic E-state index is 13.4. The topological polar surface area (TPSA) is 75.0 Å². The average molecular weight is 312 g/mol. The molecule has 2 rings (SSSR count). The molecule has 102 valence electrons. The zero-order chi connectivity index (χ0) is 14.7. The summed E-state index contributed by atoms with van der Waals surface area (Å²) in [6.07, 6.45) is 0. The van der Waals surface area contributed by atoms with Crippen molar-refractivity contribution in [2.45, 2.75) is 0 Å². The van der Waals surface area contributed by atoms with Crippen molar-refractivity contribution in [2.24, 2.45) is 0 Å². The molecule has 0 bridgehead atoms. The average Bonchev–Trinajstić information content (AvgIpc) is 2.79. The van der Waals surface area contributed by atoms with Crippen molar-refractivity contribution in [3.05, 3.63) is 39.6 Å². The minimum atomic E-state index is -0.645. The summed E-state index contributed by atoms with van der Waals surface area (Å²) < 4.78 is 18.0. The van der Waals surface area contributed by atoms with E-state index in [1.165, 1.54) is 25.3 Å². The number of ether oxygens (including phenoxy) is 1. The first-order valence-corrected chi connectivity index (χ1v) is 6.46. The van der Waals surface area contributed by atoms with Crippen molar-refractivity contribution in [3.8, 4) is 6.07 Å². The lowest BCUT2D eigenvalue weighted by atomic mass is 10.2. The van der Waals surface area contributed by atoms with Gasteiger partial charge in [0.05, 0.1) is 12.8 Å². The number of nitriles is 1. The van der Waals surface area contributed by atoms with Gasteiger partial charge in [-0.25, -0.2) is 14.2 Å². The maximum atomic E-state index is 13.4. The van der Waals surface area contributed by atoms with E-state index in [1.54, 1.807) is 6.07 Å². The van der Waals surface area contributed by atoms with Crippen LogP contribution in [0.2, 0.25) is 5.15 Å². The number of aromatic nitrogens is 1. The molecule has 2 aromatic rings. The van der Waals surface area contributed by atoms with Crippen LogP contribution in [0.4, 0.5) is 15.2 Å². The van der Waals surface area contributed by atoms with E-state index in [0.717, 1.165) is 11.3 Å². The number of hydrogen-bond donors (Lipinski definition) is 1. The molecule has 0 atom stereocenters. The third kappa shape index (κ3) is 2.71. The summed E-state index contributed by atoms with van der Waals surface area (Å²) in [6, 6.07) is 5.91. The van der Waals surface area contributed by atoms with Gasteiger partial charge < -0.3 is 10.1 Å². The number of carbonyl (C=O) groups is 1. The summed E-state index contributed by atoms with van der Waals surface area (Å²) in [7, 11) is 1.23. The van der Waals surface area contributed by atoms with Gasteiger partial charge in [0.1, 0.15) is 17.4 Å². The highest BCUT2D eigenvalue weighted by atomic mass is 35.5. The molecule has 0 saturated heterocycles. The Hall–Kier alpha value is -2.17. The molecule has 0 aliphatic heterocycles. The van der Waals surface area contributed by atoms with E-state index in [4.69, 9.17) is 16.9 Å². The van der Waals surface area contributed by atoms with E-state index in [2.05, 4.69) is 15.0 Å². The number of halogens is 2. The standard InChI is InChI=1S/C12H7ClFN3O2S/c1-19-11(18)9-10(13)17-12(20-9)16-8-4-2-3-7(14)6(8)5-15/h2-4H,1H3,(H,16,17). The fraction of sp³-hybridized carbons (Fsp3) is 0.0833. The van der Waals surface area contributed by atoms with Gasteiger partial charge in [-0.3, -0.25) is 0 Å². The van der Waals surface area contributed by atoms with Crippen molar-refractivity contribution in [3.63, 3.8) is 0 Å². The van der Waals surface area contributed by atoms with Gasteiger partial charge >= 0.3 is 5.97 Å². The van der Waals surface area contributed by atoms with Crippen molar-refractivity contribution in [1.82, 2.24) is 4.98 Å². The van der Waals surface area contributed by atoms with Gasteiger partial charge in [-0.15, -0.1) is 0 Å². The van der Waals surface area contributed by atoms with Gasteiger partial charge in [-0.05, 0) is 12.1 Å². The predicted octanol–water partition coefficient (Wildman–Crippen LogP) is 3.34. The lowest BCUT2D eigenvalue weighted by molar-refractivity contribution is 0.0606. The highest BCUT2D eigenvalue weighted by Gasteiger charge is 2.18. The van der Waals surface area contributed by atoms with Crippen LogP contribution in [0.15, 0.2) is 18.2 Å². The van der Waals surface area contributed by atoms with E-state index in [1.807, 2.05) is 0 Å². The zero-order valence-electron chi connectivity index (χ0n) is 10.1. The Labute approximate surface area is 122 Å². The molecule has 8 heteroatoms. The maximum Gasteiger partial charge on any atom is 0.351 e. The van der Waals surface area contributed by atoms with Gasteiger partial charge in [-0.1, -0.05) is 29.0 Å². The SMILES string of the molecule is COC(=O)c1sc(Nc2cccc(F)c2C#N)nc1Cl. The van der Waals surface area contributed by atoms with E-state index >= 15 is 0 Å². The van der Waals surface area contributed by atoms with Crippen LogP contribution in [0.25, 0.3) is 0 Å². The number of esters is 1. The normalized spacial score (nSPS) is 9.90. The summed E-state index contributed by atoms with van der Waals surface area (Å²) >= 11 is 6.76. The fourth-order valence-corrected chi connectivity index (χ4v) is 2.55. The van der Waals surface area contributed by atoms with E-state index in [-0.39, 0.29) is 26.4 Å². The Morgan fingerprint density at radius 2 is 2.35 bits per heavy atom. The molecule has 5 nitrogen and oxygen atoms in total. The molecule has 0 radical (unpaired) electrons. The summed E-state index contributed by atoms with van der Waals surface area (Å²) in [5.74, 6) is -1.26. The van der Waals surface area contributed by atoms with Gasteiger partial charge in [0.15, 0.2) is 15.2 Å². The number of carbonyl (C=O) groups excluding carboxylic acids is 1. The third-order valence-electron chi connectivity index (χ3n) is 2.32. The quantitative estimate of drug-likeness (QED) is 0.880. The highest BCUT2D eigenvalue weighted by Crippen LogP contribution is 2.31. The van der Waals surface area contributed by atoms with Gasteiger partial charge in [0.2, 0.25) is 0 Å². The lowest BCUT2D eigenvalue weighted by Gasteiger charge is -2.04. The van der Waals surface area contributed by atoms with Crippen LogP contribution >= 0.6 is 22.9 Å². The zero-order valence-corrected chi connectivity index (χ0v) is 11.7. The summed E-state index contributed by atoms with van der Waals surface area (Å²) in [6.45, 7) is 0. The Bertz CT molecular complexity index is 711. The molecule has 1 heterocycles. The van der Waals surface area contributed by atoms with Crippen LogP contribution in [-0.4, -0.2) is 18.1 Å². The van der Waals surface area contributed by atoms with Crippen molar-refractivity contribution >= 4 is 39.7 Å². The van der Waals surface area contributed by atoms with Crippen LogP contribution in [0.5, 0.6) is 0 Å². The van der Waals surface area contributed by atoms with Crippen molar-refractivity contribution < 1.29 is 13.9 Å². The first-order chi connectivity index (χ1) is 9.56. The number of methoxy groups -OCH3 is 1. The van der Waals surface area contributed by atoms with Crippen LogP contribution < -0.4 is 5.32 Å². The van der Waals surface area contributed by atoms with Crippen molar-refractivity contribution in [1.29, 1.82) is 5.26 Å². The summed E-state index contributed by atoms with van der Waals surface area (Å²) in [5, 5.41) is 11.9. The molecule has 0 spiro atoms. The smallest absolute Gasteiger partial charge is 0.351 e. The minimum absolute atomic E-state index is 0.0146. The Kier molecular flexibility index (Phi) is 4.17. The molecule has 1 aromatic carbocycles. The van der Waals surface area contributed by atoms with E-state index in [0.29, 0.717) is 0 Å². The lowest BCUT2D eigenvalue weighted by Crippen LogP contribution is -1.98. The molecule has 0 saturated carbocycles. The molecule has 0 unspecified atom stereocenters. The van der Waals surface area contributed by atoms with Crippen LogP contribution in [0.1, 0.15) is 15.2 Å². The first kappa shape index (κ1) is 14.2. The number of benzene rings is 1. The Morgan fingerprint density at radius 1 is 1.60 bits per heavy atom. The second-order valence-corrected chi connectivity index (χ2v) is 4.89. The molecule has 20 heavy (non-hydrogen) atoms. The molecule has 0 aliphatic rings. The largest absolute Gasteiger partial charge is 0.465 e. The van der Waals surface area contributed by atoms with E-state index in [9.17, 15) is 9.18 Å². The van der Waals surface area contributed by atoms with Gasteiger partial charge in [0.25, 0.3) is 0 Å². The molecular weight excluding hydrogens is 305 g/mol.